The molecule has 0 aliphatic heterocycles. The van der Waals surface area contributed by atoms with Crippen LogP contribution in [0, 0.1) is 42.7 Å². The van der Waals surface area contributed by atoms with Crippen molar-refractivity contribution in [2.24, 2.45) is 0 Å². The summed E-state index contributed by atoms with van der Waals surface area (Å²) in [6, 6.07) is 12.5. The van der Waals surface area contributed by atoms with Crippen LogP contribution in [0.3, 0.4) is 0 Å². The van der Waals surface area contributed by atoms with Crippen LogP contribution in [0.25, 0.3) is 20.8 Å². The van der Waals surface area contributed by atoms with Crippen molar-refractivity contribution in [3.05, 3.63) is 138 Å². The highest BCUT2D eigenvalue weighted by atomic mass is 32.2. The number of halogens is 9. The average Bonchev–Trinajstić information content (AvgIpc) is 3.60. The molecule has 0 heterocycles. The minimum absolute atomic E-state index is 0.0510. The van der Waals surface area contributed by atoms with Crippen LogP contribution in [0.1, 0.15) is 33.4 Å². The maximum Gasteiger partial charge on any atom is 0.523 e. The molecule has 0 radical (unpaired) electrons. The van der Waals surface area contributed by atoms with E-state index in [1.54, 1.807) is 31.2 Å². The van der Waals surface area contributed by atoms with Gasteiger partial charge in [0.2, 0.25) is 0 Å². The van der Waals surface area contributed by atoms with Crippen LogP contribution >= 0.6 is 23.5 Å². The monoisotopic (exact) mass is 714 g/mol. The Hall–Kier alpha value is -5.09. The molecule has 0 atom stereocenters. The maximum atomic E-state index is 14.4. The number of benzene rings is 3. The fourth-order valence-electron chi connectivity index (χ4n) is 5.87. The first-order valence-corrected chi connectivity index (χ1v) is 15.3. The Balaban J connectivity index is 2.12. The van der Waals surface area contributed by atoms with Crippen molar-refractivity contribution in [1.82, 2.24) is 0 Å². The molecule has 0 saturated heterocycles. The Morgan fingerprint density at radius 3 is 1.47 bits per heavy atom. The summed E-state index contributed by atoms with van der Waals surface area (Å²) in [4.78, 5) is 5.26. The van der Waals surface area contributed by atoms with Gasteiger partial charge in [-0.2, -0.15) is 59.7 Å². The molecule has 49 heavy (non-hydrogen) atoms. The van der Waals surface area contributed by atoms with E-state index in [0.29, 0.717) is 12.1 Å². The molecule has 4 nitrogen and oxygen atoms in total. The first-order chi connectivity index (χ1) is 22.9. The first kappa shape index (κ1) is 35.2. The van der Waals surface area contributed by atoms with Gasteiger partial charge in [0.05, 0.1) is 11.1 Å². The van der Waals surface area contributed by atoms with Crippen LogP contribution in [-0.2, 0) is 19.0 Å². The van der Waals surface area contributed by atoms with Crippen molar-refractivity contribution in [2.75, 3.05) is 0 Å². The number of nitrogens with zero attached hydrogens (tertiary/aromatic N) is 4. The molecule has 0 bridgehead atoms. The van der Waals surface area contributed by atoms with E-state index in [9.17, 15) is 50.0 Å². The molecule has 0 amide bonds. The van der Waals surface area contributed by atoms with E-state index in [0.717, 1.165) is 17.7 Å². The van der Waals surface area contributed by atoms with E-state index in [4.69, 9.17) is 13.1 Å². The number of rotatable bonds is 4. The predicted molar refractivity (Wildman–Crippen MR) is 163 cm³/mol. The maximum absolute atomic E-state index is 14.4. The predicted octanol–water partition coefficient (Wildman–Crippen LogP) is 9.14. The summed E-state index contributed by atoms with van der Waals surface area (Å²) in [5.74, 6) is -0.568. The van der Waals surface area contributed by atoms with Crippen molar-refractivity contribution in [3.8, 4) is 12.1 Å². The molecule has 15 heteroatoms. The summed E-state index contributed by atoms with van der Waals surface area (Å²) in [7, 11) is 0. The summed E-state index contributed by atoms with van der Waals surface area (Å²) >= 11 is -1.31. The van der Waals surface area contributed by atoms with E-state index >= 15 is 0 Å². The molecule has 5 rings (SSSR count). The lowest BCUT2D eigenvalue weighted by molar-refractivity contribution is -0.137. The molecule has 3 aromatic rings. The highest BCUT2D eigenvalue weighted by Crippen LogP contribution is 2.47. The van der Waals surface area contributed by atoms with Gasteiger partial charge >= 0.3 is 23.0 Å². The smallest absolute Gasteiger partial charge is 0.192 e. The van der Waals surface area contributed by atoms with Crippen LogP contribution in [-0.4, -0.2) is 11.0 Å². The quantitative estimate of drug-likeness (QED) is 0.117. The Labute approximate surface area is 280 Å². The second kappa shape index (κ2) is 12.7. The van der Waals surface area contributed by atoms with Gasteiger partial charge in [-0.1, -0.05) is 42.0 Å². The zero-order chi connectivity index (χ0) is 36.1. The van der Waals surface area contributed by atoms with Crippen molar-refractivity contribution in [3.63, 3.8) is 0 Å². The van der Waals surface area contributed by atoms with E-state index < -0.39 is 85.5 Å². The summed E-state index contributed by atoms with van der Waals surface area (Å²) in [6.45, 7) is 16.9. The third kappa shape index (κ3) is 6.78. The topological polar surface area (TPSA) is 56.3 Å². The second-order valence-corrected chi connectivity index (χ2v) is 12.8. The van der Waals surface area contributed by atoms with Crippen molar-refractivity contribution < 1.29 is 39.5 Å². The van der Waals surface area contributed by atoms with Crippen molar-refractivity contribution in [1.29, 1.82) is 10.5 Å². The summed E-state index contributed by atoms with van der Waals surface area (Å²) < 4.78 is 127. The molecule has 0 aromatic heterocycles. The number of hydrogen-bond acceptors (Lipinski definition) is 4. The summed E-state index contributed by atoms with van der Waals surface area (Å²) in [5, 5.41) is 18.9. The van der Waals surface area contributed by atoms with Gasteiger partial charge in [0.15, 0.2) is 0 Å². The molecule has 2 aliphatic rings. The van der Waals surface area contributed by atoms with E-state index in [1.165, 1.54) is 12.1 Å². The first-order valence-electron chi connectivity index (χ1n) is 13.7. The largest absolute Gasteiger partial charge is 0.523 e. The van der Waals surface area contributed by atoms with Crippen molar-refractivity contribution >= 4 is 34.7 Å². The molecular formula is C34H15F9N4S2. The lowest BCUT2D eigenvalue weighted by Gasteiger charge is -2.17. The van der Waals surface area contributed by atoms with Gasteiger partial charge in [0, 0.05) is 26.6 Å². The van der Waals surface area contributed by atoms with Gasteiger partial charge in [-0.25, -0.2) is 0 Å². The highest BCUT2D eigenvalue weighted by Gasteiger charge is 2.42. The number of aryl methyl sites for hydroxylation is 1. The lowest BCUT2D eigenvalue weighted by atomic mass is 9.94. The SMILES string of the molecule is [C-]#[N+]C([N+]#[C-])=C1Cc2c(SC(F)(F)F)c3c(c(SC(F)(F)F)c2=C1c1ccc(C)cc1)CC(=C(C#N)C#N)C=3c1ccc(C(F)(F)F)cc1. The minimum atomic E-state index is -5.05. The third-order valence-electron chi connectivity index (χ3n) is 7.70. The van der Waals surface area contributed by atoms with Gasteiger partial charge in [-0.15, -0.1) is 0 Å². The van der Waals surface area contributed by atoms with Crippen LogP contribution < -0.4 is 10.4 Å². The van der Waals surface area contributed by atoms with E-state index in [1.807, 2.05) is 0 Å². The molecule has 0 unspecified atom stereocenters. The second-order valence-electron chi connectivity index (χ2n) is 10.6. The van der Waals surface area contributed by atoms with Crippen LogP contribution in [0.4, 0.5) is 39.5 Å². The molecule has 3 aromatic carbocycles. The third-order valence-corrected chi connectivity index (χ3v) is 9.47. The average molecular weight is 715 g/mol. The fraction of sp³-hybridized carbons (Fsp3) is 0.176. The molecular weight excluding hydrogens is 700 g/mol. The van der Waals surface area contributed by atoms with Crippen molar-refractivity contribution in [2.45, 2.75) is 46.7 Å². The zero-order valence-electron chi connectivity index (χ0n) is 24.5. The van der Waals surface area contributed by atoms with Gasteiger partial charge in [0.1, 0.15) is 30.9 Å². The lowest BCUT2D eigenvalue weighted by Crippen LogP contribution is -2.27. The number of hydrogen-bond donors (Lipinski definition) is 0. The van der Waals surface area contributed by atoms with Crippen LogP contribution in [0.2, 0.25) is 0 Å². The van der Waals surface area contributed by atoms with Gasteiger partial charge in [-0.05, 0) is 88.0 Å². The number of allylic oxidation sites excluding steroid dienone is 3. The van der Waals surface area contributed by atoms with Gasteiger partial charge in [0.25, 0.3) is 0 Å². The summed E-state index contributed by atoms with van der Waals surface area (Å²) in [6.07, 6.45) is -6.00. The molecule has 246 valence electrons. The van der Waals surface area contributed by atoms with Gasteiger partial charge in [-0.3, -0.25) is 0 Å². The molecule has 0 saturated carbocycles. The number of nitriles is 2. The van der Waals surface area contributed by atoms with E-state index in [-0.39, 0.29) is 49.8 Å². The Kier molecular flexibility index (Phi) is 9.16. The Bertz CT molecular complexity index is 2240. The summed E-state index contributed by atoms with van der Waals surface area (Å²) in [5.41, 5.74) is -12.4. The van der Waals surface area contributed by atoms with Gasteiger partial charge < -0.3 is 0 Å². The van der Waals surface area contributed by atoms with E-state index in [2.05, 4.69) is 9.69 Å². The van der Waals surface area contributed by atoms with Crippen LogP contribution in [0.15, 0.2) is 80.9 Å². The highest BCUT2D eigenvalue weighted by molar-refractivity contribution is 8.00. The minimum Gasteiger partial charge on any atom is -0.192 e. The number of thioether (sulfide) groups is 2. The molecule has 0 N–H and O–H groups in total. The Morgan fingerprint density at radius 2 is 1.08 bits per heavy atom. The van der Waals surface area contributed by atoms with Crippen LogP contribution in [0.5, 0.6) is 0 Å². The Morgan fingerprint density at radius 1 is 0.673 bits per heavy atom. The normalized spacial score (nSPS) is 14.1. The standard InChI is InChI=1S/C34H15F9N4S2/c1-16-4-6-17(7-5-16)26-24(31(46-2)47-3)13-23-28(26)29(48-33(38,39)40)22-12-21(19(14-44)15-45)25(27(22)30(23)49-34(41,42)43)18-8-10-20(11-9-18)32(35,36)37/h4-11H,12-13H2,1H3. The zero-order valence-corrected chi connectivity index (χ0v) is 26.2. The molecule has 0 fully saturated rings. The molecule has 2 aliphatic carbocycles. The number of alkyl halides is 9. The number of fused-ring (bicyclic) bond motifs is 2. The fourth-order valence-corrected chi connectivity index (χ4v) is 7.58. The molecule has 0 spiro atoms.